The zero-order valence-corrected chi connectivity index (χ0v) is 25.2. The Balaban J connectivity index is 1.51. The maximum atomic E-state index is 14.0. The van der Waals surface area contributed by atoms with E-state index in [0.29, 0.717) is 59.3 Å². The molecule has 2 aromatic carbocycles. The van der Waals surface area contributed by atoms with Crippen molar-refractivity contribution in [2.24, 2.45) is 5.92 Å². The molecule has 0 spiro atoms. The van der Waals surface area contributed by atoms with Crippen LogP contribution in [0.1, 0.15) is 56.6 Å². The second-order valence-corrected chi connectivity index (χ2v) is 12.7. The first-order valence-electron chi connectivity index (χ1n) is 13.9. The summed E-state index contributed by atoms with van der Waals surface area (Å²) >= 11 is 13.7. The van der Waals surface area contributed by atoms with Crippen molar-refractivity contribution in [3.63, 3.8) is 0 Å². The van der Waals surface area contributed by atoms with Crippen LogP contribution in [0.2, 0.25) is 10.0 Å². The number of fused-ring (bicyclic) bond motifs is 1. The molecule has 2 fully saturated rings. The number of Topliss-reactive ketones (excluding diaryl/α,β-unsaturated/α-hetero) is 1. The fourth-order valence-corrected chi connectivity index (χ4v) is 6.71. The zero-order chi connectivity index (χ0) is 27.9. The third-order valence-electron chi connectivity index (χ3n) is 8.18. The van der Waals surface area contributed by atoms with Crippen LogP contribution in [0.5, 0.6) is 0 Å². The van der Waals surface area contributed by atoms with Crippen LogP contribution in [-0.2, 0) is 22.4 Å². The summed E-state index contributed by atoms with van der Waals surface area (Å²) in [4.78, 5) is 32.1. The standard InChI is InChI=1S/C31H39Cl2N3O2S/c1-21-18-28-31(38)35(17-16-24(36(28)20-21)11-8-22-6-4-3-5-7-22)27(13-15-30(34)39-2)29(37)14-10-23-9-12-25(32)26(33)19-23/h3-7,9,12,19,21,24,27-28,34H,8,10-11,13-18,20H2,1-2H3/t21-,24?,27-,28+/m1/s1. The van der Waals surface area contributed by atoms with Gasteiger partial charge in [-0.05, 0) is 80.4 Å². The molecule has 0 aliphatic carbocycles. The largest absolute Gasteiger partial charge is 0.331 e. The normalized spacial score (nSPS) is 22.4. The summed E-state index contributed by atoms with van der Waals surface area (Å²) in [6.07, 6.45) is 7.41. The molecule has 0 aromatic heterocycles. The van der Waals surface area contributed by atoms with E-state index in [1.807, 2.05) is 29.4 Å². The summed E-state index contributed by atoms with van der Waals surface area (Å²) in [5.41, 5.74) is 2.27. The van der Waals surface area contributed by atoms with Crippen molar-refractivity contribution in [2.45, 2.75) is 76.4 Å². The molecule has 5 nitrogen and oxygen atoms in total. The van der Waals surface area contributed by atoms with E-state index in [9.17, 15) is 9.59 Å². The van der Waals surface area contributed by atoms with Crippen LogP contribution in [0.3, 0.4) is 0 Å². The topological polar surface area (TPSA) is 64.5 Å². The lowest BCUT2D eigenvalue weighted by molar-refractivity contribution is -0.142. The number of rotatable bonds is 11. The molecule has 0 bridgehead atoms. The van der Waals surface area contributed by atoms with E-state index in [0.717, 1.165) is 37.8 Å². The second-order valence-electron chi connectivity index (χ2n) is 10.9. The van der Waals surface area contributed by atoms with Gasteiger partial charge in [0.15, 0.2) is 5.78 Å². The van der Waals surface area contributed by atoms with Crippen molar-refractivity contribution in [3.8, 4) is 0 Å². The van der Waals surface area contributed by atoms with E-state index >= 15 is 0 Å². The van der Waals surface area contributed by atoms with Crippen molar-refractivity contribution < 1.29 is 9.59 Å². The van der Waals surface area contributed by atoms with Gasteiger partial charge in [0.25, 0.3) is 0 Å². The van der Waals surface area contributed by atoms with Crippen LogP contribution in [0, 0.1) is 11.3 Å². The minimum absolute atomic E-state index is 0.0589. The predicted octanol–water partition coefficient (Wildman–Crippen LogP) is 6.93. The van der Waals surface area contributed by atoms with Crippen LogP contribution < -0.4 is 0 Å². The van der Waals surface area contributed by atoms with Crippen molar-refractivity contribution in [2.75, 3.05) is 19.3 Å². The Labute approximate surface area is 247 Å². The number of thioether (sulfide) groups is 1. The first-order valence-corrected chi connectivity index (χ1v) is 15.9. The van der Waals surface area contributed by atoms with Crippen LogP contribution in [0.4, 0.5) is 0 Å². The van der Waals surface area contributed by atoms with Crippen LogP contribution in [0.15, 0.2) is 48.5 Å². The molecule has 0 radical (unpaired) electrons. The van der Waals surface area contributed by atoms with E-state index in [1.165, 1.54) is 17.3 Å². The van der Waals surface area contributed by atoms with Crippen LogP contribution in [-0.4, -0.2) is 64.0 Å². The highest BCUT2D eigenvalue weighted by atomic mass is 35.5. The van der Waals surface area contributed by atoms with Gasteiger partial charge >= 0.3 is 0 Å². The summed E-state index contributed by atoms with van der Waals surface area (Å²) in [5, 5.41) is 9.69. The predicted molar refractivity (Wildman–Crippen MR) is 163 cm³/mol. The molecule has 4 rings (SSSR count). The minimum atomic E-state index is -0.515. The van der Waals surface area contributed by atoms with Gasteiger partial charge in [0.05, 0.1) is 27.2 Å². The number of ketones is 1. The highest BCUT2D eigenvalue weighted by molar-refractivity contribution is 8.13. The first-order chi connectivity index (χ1) is 18.8. The summed E-state index contributed by atoms with van der Waals surface area (Å²) < 4.78 is 0. The molecule has 210 valence electrons. The molecule has 8 heteroatoms. The molecule has 39 heavy (non-hydrogen) atoms. The van der Waals surface area contributed by atoms with Gasteiger partial charge < -0.3 is 4.90 Å². The molecule has 2 aliphatic rings. The number of carbonyl (C=O) groups excluding carboxylic acids is 2. The Morgan fingerprint density at radius 1 is 1.08 bits per heavy atom. The molecule has 2 heterocycles. The third-order valence-corrected chi connectivity index (χ3v) is 9.62. The van der Waals surface area contributed by atoms with E-state index in [2.05, 4.69) is 36.1 Å². The average molecular weight is 589 g/mol. The summed E-state index contributed by atoms with van der Waals surface area (Å²) in [6, 6.07) is 15.6. The highest BCUT2D eigenvalue weighted by Crippen LogP contribution is 2.33. The summed E-state index contributed by atoms with van der Waals surface area (Å²) in [5.74, 6) is 0.598. The lowest BCUT2D eigenvalue weighted by atomic mass is 9.97. The number of halogens is 2. The molecule has 4 atom stereocenters. The number of hydrogen-bond donors (Lipinski definition) is 1. The Morgan fingerprint density at radius 3 is 2.56 bits per heavy atom. The van der Waals surface area contributed by atoms with Gasteiger partial charge in [0.2, 0.25) is 5.91 Å². The second kappa shape index (κ2) is 14.2. The molecular weight excluding hydrogens is 549 g/mol. The summed E-state index contributed by atoms with van der Waals surface area (Å²) in [7, 11) is 0. The molecule has 1 N–H and O–H groups in total. The van der Waals surface area contributed by atoms with Gasteiger partial charge in [-0.25, -0.2) is 0 Å². The fourth-order valence-electron chi connectivity index (χ4n) is 6.07. The van der Waals surface area contributed by atoms with E-state index < -0.39 is 6.04 Å². The van der Waals surface area contributed by atoms with Gasteiger partial charge in [-0.2, -0.15) is 0 Å². The van der Waals surface area contributed by atoms with Gasteiger partial charge in [-0.1, -0.05) is 66.5 Å². The van der Waals surface area contributed by atoms with E-state index in [1.54, 1.807) is 6.07 Å². The van der Waals surface area contributed by atoms with E-state index in [-0.39, 0.29) is 17.7 Å². The molecule has 1 amide bonds. The Morgan fingerprint density at radius 2 is 1.85 bits per heavy atom. The number of nitrogens with one attached hydrogen (secondary N) is 1. The summed E-state index contributed by atoms with van der Waals surface area (Å²) in [6.45, 7) is 3.73. The van der Waals surface area contributed by atoms with Crippen LogP contribution in [0.25, 0.3) is 0 Å². The first kappa shape index (κ1) is 30.1. The number of hydrogen-bond acceptors (Lipinski definition) is 5. The van der Waals surface area contributed by atoms with Crippen molar-refractivity contribution in [1.82, 2.24) is 9.80 Å². The maximum absolute atomic E-state index is 14.0. The van der Waals surface area contributed by atoms with Gasteiger partial charge in [-0.15, -0.1) is 11.8 Å². The Kier molecular flexibility index (Phi) is 10.9. The fraction of sp³-hybridized carbons (Fsp3) is 0.516. The van der Waals surface area contributed by atoms with Gasteiger partial charge in [-0.3, -0.25) is 19.9 Å². The Bertz CT molecular complexity index is 1160. The third kappa shape index (κ3) is 7.87. The van der Waals surface area contributed by atoms with Crippen molar-refractivity contribution >= 4 is 51.7 Å². The Hall–Kier alpha value is -1.86. The van der Waals surface area contributed by atoms with Gasteiger partial charge in [0.1, 0.15) is 0 Å². The number of benzene rings is 2. The lowest BCUT2D eigenvalue weighted by Gasteiger charge is -2.32. The molecule has 1 unspecified atom stereocenters. The number of nitrogens with zero attached hydrogens (tertiary/aromatic N) is 2. The average Bonchev–Trinajstić information content (AvgIpc) is 3.28. The van der Waals surface area contributed by atoms with E-state index in [4.69, 9.17) is 28.6 Å². The van der Waals surface area contributed by atoms with Crippen LogP contribution >= 0.6 is 35.0 Å². The quantitative estimate of drug-likeness (QED) is 0.229. The number of amides is 1. The van der Waals surface area contributed by atoms with Crippen molar-refractivity contribution in [1.29, 1.82) is 5.41 Å². The highest BCUT2D eigenvalue weighted by Gasteiger charge is 2.45. The number of carbonyl (C=O) groups is 2. The molecule has 0 saturated carbocycles. The van der Waals surface area contributed by atoms with Crippen molar-refractivity contribution in [3.05, 3.63) is 69.7 Å². The number of aryl methyl sites for hydroxylation is 2. The smallest absolute Gasteiger partial charge is 0.240 e. The van der Waals surface area contributed by atoms with Gasteiger partial charge in [0, 0.05) is 25.6 Å². The molecule has 2 aromatic rings. The maximum Gasteiger partial charge on any atom is 0.240 e. The molecule has 2 aliphatic heterocycles. The lowest BCUT2D eigenvalue weighted by Crippen LogP contribution is -2.50. The molecule has 2 saturated heterocycles. The zero-order valence-electron chi connectivity index (χ0n) is 22.9. The monoisotopic (exact) mass is 587 g/mol. The SMILES string of the molecule is CSC(=N)CC[C@H](C(=O)CCc1ccc(Cl)c(Cl)c1)N1CCC(CCc2ccccc2)N2C[C@H](C)C[C@H]2C1=O. The minimum Gasteiger partial charge on any atom is -0.331 e. The molecular formula is C31H39Cl2N3O2S.